The third-order valence-electron chi connectivity index (χ3n) is 2.41. The third kappa shape index (κ3) is 3.21. The number of nitrogens with one attached hydrogen (secondary N) is 1. The molecule has 7 nitrogen and oxygen atoms in total. The van der Waals surface area contributed by atoms with E-state index >= 15 is 0 Å². The molecule has 0 fully saturated rings. The quantitative estimate of drug-likeness (QED) is 0.519. The largest absolute Gasteiger partial charge is 0.317 e. The fourth-order valence-corrected chi connectivity index (χ4v) is 2.18. The first-order valence-corrected chi connectivity index (χ1v) is 6.45. The zero-order valence-corrected chi connectivity index (χ0v) is 12.3. The van der Waals surface area contributed by atoms with Gasteiger partial charge in [-0.3, -0.25) is 14.9 Å². The number of nitro groups is 1. The highest BCUT2D eigenvalue weighted by molar-refractivity contribution is 6.39. The Labute approximate surface area is 133 Å². The van der Waals surface area contributed by atoms with Gasteiger partial charge in [-0.25, -0.2) is 9.97 Å². The molecule has 108 valence electrons. The third-order valence-corrected chi connectivity index (χ3v) is 3.30. The van der Waals surface area contributed by atoms with Crippen LogP contribution in [0.25, 0.3) is 0 Å². The molecule has 1 amide bonds. The van der Waals surface area contributed by atoms with Crippen molar-refractivity contribution in [2.75, 3.05) is 5.32 Å². The maximum absolute atomic E-state index is 12.2. The van der Waals surface area contributed by atoms with Crippen LogP contribution >= 0.6 is 34.8 Å². The van der Waals surface area contributed by atoms with E-state index in [0.717, 1.165) is 12.4 Å². The second-order valence-electron chi connectivity index (χ2n) is 3.68. The van der Waals surface area contributed by atoms with E-state index in [1.54, 1.807) is 0 Å². The first-order chi connectivity index (χ1) is 9.91. The Morgan fingerprint density at radius 2 is 1.81 bits per heavy atom. The Hall–Kier alpha value is -1.96. The van der Waals surface area contributed by atoms with Gasteiger partial charge in [-0.05, 0) is 6.07 Å². The molecular formula is C11H5Cl3N4O3. The van der Waals surface area contributed by atoms with Gasteiger partial charge in [0.25, 0.3) is 11.6 Å². The normalized spacial score (nSPS) is 10.2. The van der Waals surface area contributed by atoms with E-state index in [1.807, 2.05) is 0 Å². The van der Waals surface area contributed by atoms with Crippen LogP contribution in [0.15, 0.2) is 24.5 Å². The van der Waals surface area contributed by atoms with E-state index in [9.17, 15) is 14.9 Å². The van der Waals surface area contributed by atoms with Crippen molar-refractivity contribution >= 4 is 52.1 Å². The molecule has 10 heteroatoms. The number of anilines is 1. The van der Waals surface area contributed by atoms with Crippen LogP contribution in [0.2, 0.25) is 15.3 Å². The second-order valence-corrected chi connectivity index (χ2v) is 4.80. The van der Waals surface area contributed by atoms with Crippen LogP contribution in [0.4, 0.5) is 11.4 Å². The van der Waals surface area contributed by atoms with Crippen LogP contribution in [0.3, 0.4) is 0 Å². The van der Waals surface area contributed by atoms with E-state index in [1.165, 1.54) is 12.1 Å². The van der Waals surface area contributed by atoms with Gasteiger partial charge in [-0.15, -0.1) is 0 Å². The molecule has 0 bridgehead atoms. The van der Waals surface area contributed by atoms with Gasteiger partial charge in [-0.1, -0.05) is 40.9 Å². The first kappa shape index (κ1) is 15.4. The lowest BCUT2D eigenvalue weighted by molar-refractivity contribution is -0.385. The Bertz CT molecular complexity index is 718. The number of aromatic nitrogens is 2. The van der Waals surface area contributed by atoms with Crippen LogP contribution in [0.1, 0.15) is 10.4 Å². The number of benzene rings is 1. The summed E-state index contributed by atoms with van der Waals surface area (Å²) in [6.45, 7) is 0. The predicted octanol–water partition coefficient (Wildman–Crippen LogP) is 3.60. The summed E-state index contributed by atoms with van der Waals surface area (Å²) < 4.78 is 0. The molecule has 21 heavy (non-hydrogen) atoms. The maximum atomic E-state index is 12.2. The van der Waals surface area contributed by atoms with Gasteiger partial charge in [0.2, 0.25) is 0 Å². The monoisotopic (exact) mass is 346 g/mol. The van der Waals surface area contributed by atoms with Crippen molar-refractivity contribution in [1.29, 1.82) is 0 Å². The number of hydrogen-bond acceptors (Lipinski definition) is 5. The Morgan fingerprint density at radius 1 is 1.19 bits per heavy atom. The minimum absolute atomic E-state index is 0.0555. The molecule has 1 N–H and O–H groups in total. The van der Waals surface area contributed by atoms with Crippen LogP contribution in [0, 0.1) is 10.1 Å². The summed E-state index contributed by atoms with van der Waals surface area (Å²) in [6, 6.07) is 3.88. The standard InChI is InChI=1S/C11H5Cl3N4O3/c12-5-2-1-3-6(18(20)21)7(5)11(19)17-8-9(13)15-4-16-10(8)14/h1-4H,(H,17,19). The summed E-state index contributed by atoms with van der Waals surface area (Å²) in [6.07, 6.45) is 1.11. The molecule has 1 aromatic carbocycles. The molecule has 1 aromatic heterocycles. The maximum Gasteiger partial charge on any atom is 0.283 e. The predicted molar refractivity (Wildman–Crippen MR) is 78.1 cm³/mol. The molecular weight excluding hydrogens is 343 g/mol. The average Bonchev–Trinajstić information content (AvgIpc) is 2.42. The minimum atomic E-state index is -0.842. The SMILES string of the molecule is O=C(Nc1c(Cl)ncnc1Cl)c1c(Cl)cccc1[N+](=O)[O-]. The number of amides is 1. The van der Waals surface area contributed by atoms with Gasteiger partial charge < -0.3 is 5.32 Å². The molecule has 0 aliphatic rings. The summed E-state index contributed by atoms with van der Waals surface area (Å²) in [7, 11) is 0. The highest BCUT2D eigenvalue weighted by Crippen LogP contribution is 2.30. The topological polar surface area (TPSA) is 98.0 Å². The summed E-state index contributed by atoms with van der Waals surface area (Å²) in [5, 5.41) is 13.0. The summed E-state index contributed by atoms with van der Waals surface area (Å²) in [4.78, 5) is 29.7. The number of carbonyl (C=O) groups is 1. The van der Waals surface area contributed by atoms with Gasteiger partial charge in [-0.2, -0.15) is 0 Å². The van der Waals surface area contributed by atoms with Crippen molar-refractivity contribution in [3.8, 4) is 0 Å². The highest BCUT2D eigenvalue weighted by Gasteiger charge is 2.24. The number of carbonyl (C=O) groups excluding carboxylic acids is 1. The molecule has 0 saturated carbocycles. The molecule has 2 rings (SSSR count). The van der Waals surface area contributed by atoms with Gasteiger partial charge in [0.1, 0.15) is 17.6 Å². The Kier molecular flexibility index (Phi) is 4.56. The summed E-state index contributed by atoms with van der Waals surface area (Å²) in [5.41, 5.74) is -0.802. The Balaban J connectivity index is 2.45. The van der Waals surface area contributed by atoms with E-state index in [4.69, 9.17) is 34.8 Å². The molecule has 0 aliphatic heterocycles. The fourth-order valence-electron chi connectivity index (χ4n) is 1.51. The van der Waals surface area contributed by atoms with E-state index in [2.05, 4.69) is 15.3 Å². The lowest BCUT2D eigenvalue weighted by Gasteiger charge is -2.09. The fraction of sp³-hybridized carbons (Fsp3) is 0. The minimum Gasteiger partial charge on any atom is -0.317 e. The Morgan fingerprint density at radius 3 is 2.38 bits per heavy atom. The van der Waals surface area contributed by atoms with Gasteiger partial charge in [0, 0.05) is 6.07 Å². The van der Waals surface area contributed by atoms with Crippen molar-refractivity contribution in [3.05, 3.63) is 55.5 Å². The van der Waals surface area contributed by atoms with Crippen LogP contribution in [-0.2, 0) is 0 Å². The molecule has 0 aliphatic carbocycles. The number of halogens is 3. The number of nitro benzene ring substituents is 1. The zero-order chi connectivity index (χ0) is 15.6. The second kappa shape index (κ2) is 6.21. The van der Waals surface area contributed by atoms with Crippen LogP contribution in [-0.4, -0.2) is 20.8 Å². The molecule has 0 unspecified atom stereocenters. The van der Waals surface area contributed by atoms with Crippen molar-refractivity contribution in [1.82, 2.24) is 9.97 Å². The van der Waals surface area contributed by atoms with Gasteiger partial charge in [0.15, 0.2) is 10.3 Å². The molecule has 1 heterocycles. The first-order valence-electron chi connectivity index (χ1n) is 5.32. The molecule has 0 atom stereocenters. The van der Waals surface area contributed by atoms with Crippen LogP contribution in [0.5, 0.6) is 0 Å². The van der Waals surface area contributed by atoms with E-state index in [0.29, 0.717) is 0 Å². The molecule has 0 spiro atoms. The van der Waals surface area contributed by atoms with Crippen molar-refractivity contribution in [2.45, 2.75) is 0 Å². The van der Waals surface area contributed by atoms with Crippen molar-refractivity contribution in [2.24, 2.45) is 0 Å². The zero-order valence-electron chi connectivity index (χ0n) is 10.0. The molecule has 0 saturated heterocycles. The van der Waals surface area contributed by atoms with Gasteiger partial charge in [0.05, 0.1) is 9.95 Å². The lowest BCUT2D eigenvalue weighted by atomic mass is 10.1. The van der Waals surface area contributed by atoms with Crippen LogP contribution < -0.4 is 5.32 Å². The number of rotatable bonds is 3. The summed E-state index contributed by atoms with van der Waals surface area (Å²) in [5.74, 6) is -0.842. The molecule has 0 radical (unpaired) electrons. The van der Waals surface area contributed by atoms with E-state index in [-0.39, 0.29) is 26.6 Å². The summed E-state index contributed by atoms with van der Waals surface area (Å²) >= 11 is 17.4. The smallest absolute Gasteiger partial charge is 0.283 e. The van der Waals surface area contributed by atoms with Gasteiger partial charge >= 0.3 is 0 Å². The molecule has 2 aromatic rings. The van der Waals surface area contributed by atoms with E-state index < -0.39 is 16.5 Å². The highest BCUT2D eigenvalue weighted by atomic mass is 35.5. The average molecular weight is 348 g/mol. The van der Waals surface area contributed by atoms with Crippen molar-refractivity contribution in [3.63, 3.8) is 0 Å². The number of nitrogens with zero attached hydrogens (tertiary/aromatic N) is 3. The lowest BCUT2D eigenvalue weighted by Crippen LogP contribution is -2.15. The van der Waals surface area contributed by atoms with Crippen molar-refractivity contribution < 1.29 is 9.72 Å². The number of hydrogen-bond donors (Lipinski definition) is 1.